The largest absolute Gasteiger partial charge is 0.452 e. The summed E-state index contributed by atoms with van der Waals surface area (Å²) in [5.41, 5.74) is 2.76. The summed E-state index contributed by atoms with van der Waals surface area (Å²) in [6.07, 6.45) is -0.593. The molecule has 1 amide bonds. The maximum atomic E-state index is 10.3. The molecule has 10 heavy (non-hydrogen) atoms. The van der Waals surface area contributed by atoms with Crippen LogP contribution in [0, 0.1) is 0 Å². The van der Waals surface area contributed by atoms with E-state index < -0.39 is 6.09 Å². The fraction of sp³-hybridized carbons (Fsp3) is 0.600. The van der Waals surface area contributed by atoms with Gasteiger partial charge in [-0.25, -0.2) is 10.2 Å². The van der Waals surface area contributed by atoms with Crippen molar-refractivity contribution >= 4 is 23.4 Å². The minimum absolute atomic E-state index is 0.296. The van der Waals surface area contributed by atoms with Gasteiger partial charge in [-0.1, -0.05) is 0 Å². The summed E-state index contributed by atoms with van der Waals surface area (Å²) < 4.78 is 4.24. The number of nitrogens with one attached hydrogen (secondary N) is 1. The molecule has 0 aliphatic rings. The highest BCUT2D eigenvalue weighted by Crippen LogP contribution is 1.80. The molecule has 0 aliphatic heterocycles. The standard InChI is InChI=1S/C5H9ClN2O2/c1-4(3-6)7-8-5(9)10-2/h3H2,1-2H3,(H,8,9)/b7-4+. The predicted octanol–water partition coefficient (Wildman–Crippen LogP) is 0.957. The Balaban J connectivity index is 3.61. The van der Waals surface area contributed by atoms with Crippen LogP contribution in [-0.4, -0.2) is 24.8 Å². The average molecular weight is 165 g/mol. The number of ether oxygens (including phenoxy) is 1. The summed E-state index contributed by atoms with van der Waals surface area (Å²) >= 11 is 5.36. The van der Waals surface area contributed by atoms with Crippen LogP contribution in [0.4, 0.5) is 4.79 Å². The third-order valence-corrected chi connectivity index (χ3v) is 1.10. The lowest BCUT2D eigenvalue weighted by Gasteiger charge is -1.96. The van der Waals surface area contributed by atoms with E-state index in [9.17, 15) is 4.79 Å². The molecule has 0 atom stereocenters. The van der Waals surface area contributed by atoms with Crippen LogP contribution in [0.15, 0.2) is 5.10 Å². The van der Waals surface area contributed by atoms with E-state index in [1.807, 2.05) is 0 Å². The van der Waals surface area contributed by atoms with Crippen LogP contribution in [0.1, 0.15) is 6.92 Å². The van der Waals surface area contributed by atoms with Crippen LogP contribution < -0.4 is 5.43 Å². The maximum Gasteiger partial charge on any atom is 0.427 e. The van der Waals surface area contributed by atoms with Gasteiger partial charge in [0.05, 0.1) is 18.7 Å². The number of hydrogen-bond acceptors (Lipinski definition) is 3. The van der Waals surface area contributed by atoms with Gasteiger partial charge in [-0.3, -0.25) is 0 Å². The van der Waals surface area contributed by atoms with Crippen LogP contribution in [0.2, 0.25) is 0 Å². The lowest BCUT2D eigenvalue weighted by Crippen LogP contribution is -2.18. The summed E-state index contributed by atoms with van der Waals surface area (Å²) in [6, 6.07) is 0. The molecule has 0 bridgehead atoms. The number of hydrogen-bond donors (Lipinski definition) is 1. The van der Waals surface area contributed by atoms with Gasteiger partial charge >= 0.3 is 6.09 Å². The van der Waals surface area contributed by atoms with Crippen molar-refractivity contribution in [1.82, 2.24) is 5.43 Å². The molecule has 0 aromatic carbocycles. The second-order valence-electron chi connectivity index (χ2n) is 1.58. The summed E-state index contributed by atoms with van der Waals surface area (Å²) in [5, 5.41) is 3.57. The van der Waals surface area contributed by atoms with E-state index >= 15 is 0 Å². The number of rotatable bonds is 2. The van der Waals surface area contributed by atoms with Crippen molar-refractivity contribution in [3.63, 3.8) is 0 Å². The Labute approximate surface area is 64.2 Å². The van der Waals surface area contributed by atoms with Gasteiger partial charge in [-0.05, 0) is 6.92 Å². The molecule has 0 aliphatic carbocycles. The first-order valence-corrected chi connectivity index (χ1v) is 3.17. The zero-order valence-corrected chi connectivity index (χ0v) is 6.60. The number of alkyl halides is 1. The second-order valence-corrected chi connectivity index (χ2v) is 1.85. The van der Waals surface area contributed by atoms with Gasteiger partial charge in [0.15, 0.2) is 0 Å². The average Bonchev–Trinajstić information content (AvgIpc) is 1.99. The fourth-order valence-corrected chi connectivity index (χ4v) is 0.276. The third-order valence-electron chi connectivity index (χ3n) is 0.717. The number of halogens is 1. The topological polar surface area (TPSA) is 50.7 Å². The molecule has 0 fully saturated rings. The third kappa shape index (κ3) is 4.14. The van der Waals surface area contributed by atoms with Gasteiger partial charge in [0.1, 0.15) is 0 Å². The molecule has 0 radical (unpaired) electrons. The van der Waals surface area contributed by atoms with Gasteiger partial charge in [0, 0.05) is 0 Å². The molecule has 0 saturated heterocycles. The summed E-state index contributed by atoms with van der Waals surface area (Å²) in [4.78, 5) is 10.3. The van der Waals surface area contributed by atoms with Gasteiger partial charge < -0.3 is 4.74 Å². The summed E-state index contributed by atoms with van der Waals surface area (Å²) in [6.45, 7) is 1.70. The molecule has 0 saturated carbocycles. The normalized spacial score (nSPS) is 10.9. The Morgan fingerprint density at radius 3 is 2.80 bits per heavy atom. The number of carbonyl (C=O) groups is 1. The first-order chi connectivity index (χ1) is 4.70. The molecular weight excluding hydrogens is 156 g/mol. The van der Waals surface area contributed by atoms with Crippen molar-refractivity contribution in [2.45, 2.75) is 6.92 Å². The Morgan fingerprint density at radius 1 is 1.80 bits per heavy atom. The van der Waals surface area contributed by atoms with Crippen LogP contribution >= 0.6 is 11.6 Å². The number of carbonyl (C=O) groups excluding carboxylic acids is 1. The monoisotopic (exact) mass is 164 g/mol. The number of hydrazone groups is 1. The molecule has 1 N–H and O–H groups in total. The van der Waals surface area contributed by atoms with E-state index in [1.54, 1.807) is 6.92 Å². The van der Waals surface area contributed by atoms with Crippen LogP contribution in [0.3, 0.4) is 0 Å². The molecule has 5 heteroatoms. The van der Waals surface area contributed by atoms with Gasteiger partial charge in [-0.2, -0.15) is 5.10 Å². The van der Waals surface area contributed by atoms with Crippen molar-refractivity contribution in [2.75, 3.05) is 13.0 Å². The molecule has 58 valence electrons. The molecule has 4 nitrogen and oxygen atoms in total. The Hall–Kier alpha value is -0.770. The van der Waals surface area contributed by atoms with Crippen molar-refractivity contribution < 1.29 is 9.53 Å². The van der Waals surface area contributed by atoms with Crippen LogP contribution in [0.25, 0.3) is 0 Å². The molecule has 0 spiro atoms. The molecule has 0 unspecified atom stereocenters. The second kappa shape index (κ2) is 5.05. The van der Waals surface area contributed by atoms with E-state index in [4.69, 9.17) is 11.6 Å². The molecular formula is C5H9ClN2O2. The van der Waals surface area contributed by atoms with Gasteiger partial charge in [-0.15, -0.1) is 11.6 Å². The Kier molecular flexibility index (Phi) is 4.66. The molecule has 0 heterocycles. The highest BCUT2D eigenvalue weighted by atomic mass is 35.5. The zero-order chi connectivity index (χ0) is 7.98. The van der Waals surface area contributed by atoms with Crippen molar-refractivity contribution in [1.29, 1.82) is 0 Å². The minimum atomic E-state index is -0.593. The molecule has 0 rings (SSSR count). The minimum Gasteiger partial charge on any atom is -0.452 e. The lowest BCUT2D eigenvalue weighted by molar-refractivity contribution is 0.171. The summed E-state index contributed by atoms with van der Waals surface area (Å²) in [7, 11) is 1.26. The van der Waals surface area contributed by atoms with Crippen LogP contribution in [-0.2, 0) is 4.74 Å². The van der Waals surface area contributed by atoms with Crippen molar-refractivity contribution in [2.24, 2.45) is 5.10 Å². The van der Waals surface area contributed by atoms with E-state index in [0.717, 1.165) is 0 Å². The highest BCUT2D eigenvalue weighted by molar-refractivity contribution is 6.28. The van der Waals surface area contributed by atoms with Crippen molar-refractivity contribution in [3.05, 3.63) is 0 Å². The first kappa shape index (κ1) is 9.23. The van der Waals surface area contributed by atoms with Gasteiger partial charge in [0.2, 0.25) is 0 Å². The van der Waals surface area contributed by atoms with E-state index in [2.05, 4.69) is 15.3 Å². The van der Waals surface area contributed by atoms with E-state index in [1.165, 1.54) is 7.11 Å². The maximum absolute atomic E-state index is 10.3. The van der Waals surface area contributed by atoms with Gasteiger partial charge in [0.25, 0.3) is 0 Å². The number of amides is 1. The predicted molar refractivity (Wildman–Crippen MR) is 39.4 cm³/mol. The fourth-order valence-electron chi connectivity index (χ4n) is 0.217. The smallest absolute Gasteiger partial charge is 0.427 e. The Morgan fingerprint density at radius 2 is 2.40 bits per heavy atom. The van der Waals surface area contributed by atoms with Crippen molar-refractivity contribution in [3.8, 4) is 0 Å². The SMILES string of the molecule is COC(=O)N/N=C(\C)CCl. The van der Waals surface area contributed by atoms with E-state index in [0.29, 0.717) is 11.6 Å². The van der Waals surface area contributed by atoms with Crippen LogP contribution in [0.5, 0.6) is 0 Å². The summed E-state index contributed by atoms with van der Waals surface area (Å²) in [5.74, 6) is 0.296. The molecule has 0 aromatic rings. The quantitative estimate of drug-likeness (QED) is 0.376. The Bertz CT molecular complexity index is 147. The highest BCUT2D eigenvalue weighted by Gasteiger charge is 1.93. The zero-order valence-electron chi connectivity index (χ0n) is 5.85. The first-order valence-electron chi connectivity index (χ1n) is 2.63. The number of nitrogens with zero attached hydrogens (tertiary/aromatic N) is 1. The number of methoxy groups -OCH3 is 1. The molecule has 0 aromatic heterocycles. The lowest BCUT2D eigenvalue weighted by atomic mass is 10.5. The van der Waals surface area contributed by atoms with E-state index in [-0.39, 0.29) is 0 Å².